The third-order valence-electron chi connectivity index (χ3n) is 11.4. The molecule has 0 radical (unpaired) electrons. The Bertz CT molecular complexity index is 1470. The molecule has 0 N–H and O–H groups in total. The number of benzene rings is 1. The minimum atomic E-state index is -1.11. The Balaban J connectivity index is 0.997. The third-order valence-corrected chi connectivity index (χ3v) is 11.4. The fraction of sp³-hybridized carbons (Fsp3) is 0.625. The lowest BCUT2D eigenvalue weighted by molar-refractivity contribution is -0.211. The van der Waals surface area contributed by atoms with Crippen LogP contribution in [0.2, 0.25) is 0 Å². The Morgan fingerprint density at radius 2 is 1.65 bits per heavy atom. The molecule has 4 bridgehead atoms. The van der Waals surface area contributed by atoms with E-state index in [1.807, 2.05) is 29.2 Å². The monoisotopic (exact) mass is 542 g/mol. The maximum absolute atomic E-state index is 14.6. The maximum atomic E-state index is 14.6. The minimum Gasteiger partial charge on any atom is -0.360 e. The van der Waals surface area contributed by atoms with Crippen molar-refractivity contribution in [1.29, 1.82) is 0 Å². The molecule has 0 unspecified atom stereocenters. The van der Waals surface area contributed by atoms with E-state index in [9.17, 15) is 9.18 Å². The molecule has 1 amide bonds. The molecule has 208 valence electrons. The Morgan fingerprint density at radius 3 is 2.33 bits per heavy atom. The minimum absolute atomic E-state index is 0.0165. The van der Waals surface area contributed by atoms with Gasteiger partial charge in [0.2, 0.25) is 11.8 Å². The van der Waals surface area contributed by atoms with Gasteiger partial charge in [-0.15, -0.1) is 0 Å². The molecule has 8 heteroatoms. The highest BCUT2D eigenvalue weighted by molar-refractivity contribution is 6.00. The number of hydrogen-bond donors (Lipinski definition) is 0. The summed E-state index contributed by atoms with van der Waals surface area (Å²) in [7, 11) is 0. The third kappa shape index (κ3) is 3.53. The normalized spacial score (nSPS) is 35.7. The van der Waals surface area contributed by atoms with Gasteiger partial charge in [-0.3, -0.25) is 4.79 Å². The molecule has 0 aliphatic heterocycles. The number of fused-ring (bicyclic) bond motifs is 3. The molecule has 2 heterocycles. The van der Waals surface area contributed by atoms with Crippen LogP contribution in [0.5, 0.6) is 0 Å². The zero-order valence-electron chi connectivity index (χ0n) is 22.8. The predicted molar refractivity (Wildman–Crippen MR) is 144 cm³/mol. The van der Waals surface area contributed by atoms with Crippen LogP contribution in [0.25, 0.3) is 11.3 Å². The molecule has 3 aromatic rings. The fourth-order valence-corrected chi connectivity index (χ4v) is 8.39. The van der Waals surface area contributed by atoms with Crippen LogP contribution in [0.4, 0.5) is 10.1 Å². The summed E-state index contributed by atoms with van der Waals surface area (Å²) in [6, 6.07) is 10.2. The molecule has 0 spiro atoms. The number of rotatable bonds is 8. The SMILES string of the molecule is O=C(N(CC12CCC(c3nc(C4CC4)no3)(CC1)CC2)c1cccc(-c2cc(C3CC3)on2)c1)C12CC(F)(C1)C2. The highest BCUT2D eigenvalue weighted by atomic mass is 19.1. The number of carbonyl (C=O) groups is 1. The van der Waals surface area contributed by atoms with Gasteiger partial charge in [0, 0.05) is 41.1 Å². The molecule has 7 nitrogen and oxygen atoms in total. The quantitative estimate of drug-likeness (QED) is 0.305. The van der Waals surface area contributed by atoms with Crippen LogP contribution in [0.1, 0.15) is 113 Å². The van der Waals surface area contributed by atoms with Gasteiger partial charge in [0.15, 0.2) is 5.82 Å². The maximum Gasteiger partial charge on any atom is 0.233 e. The van der Waals surface area contributed by atoms with Crippen molar-refractivity contribution in [1.82, 2.24) is 15.3 Å². The van der Waals surface area contributed by atoms with E-state index in [2.05, 4.69) is 16.4 Å². The van der Waals surface area contributed by atoms with Crippen molar-refractivity contribution in [3.63, 3.8) is 0 Å². The smallest absolute Gasteiger partial charge is 0.233 e. The van der Waals surface area contributed by atoms with E-state index in [-0.39, 0.29) is 16.7 Å². The highest BCUT2D eigenvalue weighted by Crippen LogP contribution is 2.70. The second kappa shape index (κ2) is 7.83. The van der Waals surface area contributed by atoms with Crippen molar-refractivity contribution in [2.45, 2.75) is 106 Å². The Morgan fingerprint density at radius 1 is 0.925 bits per heavy atom. The molecule has 8 saturated carbocycles. The molecule has 1 aromatic carbocycles. The van der Waals surface area contributed by atoms with Crippen molar-refractivity contribution in [2.24, 2.45) is 10.8 Å². The van der Waals surface area contributed by atoms with Crippen LogP contribution < -0.4 is 4.90 Å². The first-order valence-electron chi connectivity index (χ1n) is 15.3. The van der Waals surface area contributed by atoms with Gasteiger partial charge in [0.1, 0.15) is 17.1 Å². The Hall–Kier alpha value is -3.03. The number of nitrogens with zero attached hydrogens (tertiary/aromatic N) is 4. The van der Waals surface area contributed by atoms with Gasteiger partial charge in [-0.25, -0.2) is 4.39 Å². The van der Waals surface area contributed by atoms with E-state index in [0.717, 1.165) is 85.8 Å². The van der Waals surface area contributed by atoms with E-state index in [0.29, 0.717) is 37.6 Å². The van der Waals surface area contributed by atoms with E-state index < -0.39 is 11.1 Å². The Kier molecular flexibility index (Phi) is 4.63. The molecule has 11 rings (SSSR count). The van der Waals surface area contributed by atoms with E-state index in [1.165, 1.54) is 12.8 Å². The van der Waals surface area contributed by atoms with Gasteiger partial charge in [-0.1, -0.05) is 22.4 Å². The summed E-state index contributed by atoms with van der Waals surface area (Å²) in [6.07, 6.45) is 11.9. The standard InChI is InChI=1S/C32H35FN4O3/c33-32-16-31(17-32,18-32)28(38)37(23-3-1-2-22(14-23)24-15-25(39-35-24)20-4-5-20)19-29-8-11-30(12-9-29,13-10-29)27-34-26(36-40-27)21-6-7-21/h1-3,14-15,20-21H,4-13,16-19H2. The van der Waals surface area contributed by atoms with Crippen molar-refractivity contribution < 1.29 is 18.2 Å². The predicted octanol–water partition coefficient (Wildman–Crippen LogP) is 7.00. The number of halogens is 1. The number of carbonyl (C=O) groups excluding carboxylic acids is 1. The molecular formula is C32H35FN4O3. The van der Waals surface area contributed by atoms with Gasteiger partial charge in [0.25, 0.3) is 0 Å². The molecular weight excluding hydrogens is 507 g/mol. The second-order valence-electron chi connectivity index (χ2n) is 14.3. The average Bonchev–Trinajstić information content (AvgIpc) is 3.89. The topological polar surface area (TPSA) is 85.3 Å². The van der Waals surface area contributed by atoms with Gasteiger partial charge in [0.05, 0.1) is 5.41 Å². The lowest BCUT2D eigenvalue weighted by Crippen LogP contribution is -2.71. The fourth-order valence-electron chi connectivity index (χ4n) is 8.39. The number of hydrogen-bond acceptors (Lipinski definition) is 6. The summed E-state index contributed by atoms with van der Waals surface area (Å²) in [5, 5.41) is 8.65. The molecule has 0 saturated heterocycles. The van der Waals surface area contributed by atoms with Crippen LogP contribution in [0.15, 0.2) is 39.4 Å². The second-order valence-corrected chi connectivity index (χ2v) is 14.3. The van der Waals surface area contributed by atoms with Crippen molar-refractivity contribution in [3.05, 3.63) is 47.8 Å². The molecule has 40 heavy (non-hydrogen) atoms. The van der Waals surface area contributed by atoms with Crippen molar-refractivity contribution in [2.75, 3.05) is 11.4 Å². The molecule has 2 aromatic heterocycles. The number of amides is 1. The van der Waals surface area contributed by atoms with Gasteiger partial charge in [-0.05, 0) is 101 Å². The van der Waals surface area contributed by atoms with E-state index in [1.54, 1.807) is 0 Å². The number of aromatic nitrogens is 3. The zero-order chi connectivity index (χ0) is 26.7. The van der Waals surface area contributed by atoms with Crippen LogP contribution in [-0.2, 0) is 10.2 Å². The summed E-state index contributed by atoms with van der Waals surface area (Å²) < 4.78 is 26.0. The van der Waals surface area contributed by atoms with E-state index >= 15 is 0 Å². The zero-order valence-corrected chi connectivity index (χ0v) is 22.8. The largest absolute Gasteiger partial charge is 0.360 e. The lowest BCUT2D eigenvalue weighted by Gasteiger charge is -2.65. The number of alkyl halides is 1. The van der Waals surface area contributed by atoms with Gasteiger partial charge < -0.3 is 13.9 Å². The van der Waals surface area contributed by atoms with Crippen LogP contribution in [0, 0.1) is 10.8 Å². The van der Waals surface area contributed by atoms with Crippen LogP contribution >= 0.6 is 0 Å². The Labute approximate surface area is 232 Å². The average molecular weight is 543 g/mol. The lowest BCUT2D eigenvalue weighted by atomic mass is 9.41. The molecule has 8 aliphatic rings. The first kappa shape index (κ1) is 23.7. The highest BCUT2D eigenvalue weighted by Gasteiger charge is 2.73. The van der Waals surface area contributed by atoms with Crippen molar-refractivity contribution >= 4 is 11.6 Å². The van der Waals surface area contributed by atoms with Crippen LogP contribution in [-0.4, -0.2) is 33.4 Å². The van der Waals surface area contributed by atoms with Gasteiger partial charge >= 0.3 is 0 Å². The summed E-state index contributed by atoms with van der Waals surface area (Å²) in [5.74, 6) is 3.77. The number of anilines is 1. The van der Waals surface area contributed by atoms with Crippen LogP contribution in [0.3, 0.4) is 0 Å². The first-order chi connectivity index (χ1) is 19.4. The summed E-state index contributed by atoms with van der Waals surface area (Å²) in [5.41, 5.74) is 1.06. The summed E-state index contributed by atoms with van der Waals surface area (Å²) in [6.45, 7) is 0.676. The summed E-state index contributed by atoms with van der Waals surface area (Å²) >= 11 is 0. The van der Waals surface area contributed by atoms with Gasteiger partial charge in [-0.2, -0.15) is 4.98 Å². The summed E-state index contributed by atoms with van der Waals surface area (Å²) in [4.78, 5) is 21.0. The first-order valence-corrected chi connectivity index (χ1v) is 15.3. The van der Waals surface area contributed by atoms with E-state index in [4.69, 9.17) is 14.0 Å². The molecule has 8 fully saturated rings. The van der Waals surface area contributed by atoms with Crippen molar-refractivity contribution in [3.8, 4) is 11.3 Å². The molecule has 8 aliphatic carbocycles. The molecule has 0 atom stereocenters.